The van der Waals surface area contributed by atoms with Crippen molar-refractivity contribution in [1.29, 1.82) is 0 Å². The molecule has 42 heavy (non-hydrogen) atoms. The SMILES string of the molecule is CC(C)n1cc(C(=O)Cc2ccc(Oc3ccnc4[nH]nc(N[C@H](C)CO)c34)c(F)c2)c(=O)c(-c2ccc(Cl)cc2)c1. The maximum absolute atomic E-state index is 15.2. The first-order chi connectivity index (χ1) is 20.1. The van der Waals surface area contributed by atoms with Crippen molar-refractivity contribution < 1.29 is 19.0 Å². The molecule has 0 unspecified atom stereocenters. The molecule has 3 aromatic heterocycles. The zero-order valence-corrected chi connectivity index (χ0v) is 23.9. The molecule has 0 saturated carbocycles. The van der Waals surface area contributed by atoms with Gasteiger partial charge in [-0.15, -0.1) is 0 Å². The van der Waals surface area contributed by atoms with Gasteiger partial charge in [0.05, 0.1) is 12.2 Å². The number of anilines is 1. The molecule has 0 saturated heterocycles. The number of carbonyl (C=O) groups excluding carboxylic acids is 1. The molecule has 11 heteroatoms. The molecule has 0 aliphatic carbocycles. The van der Waals surface area contributed by atoms with Gasteiger partial charge in [0.1, 0.15) is 11.1 Å². The number of nitrogens with zero attached hydrogens (tertiary/aromatic N) is 3. The van der Waals surface area contributed by atoms with Crippen LogP contribution in [0.15, 0.2) is 71.9 Å². The van der Waals surface area contributed by atoms with Crippen molar-refractivity contribution in [2.45, 2.75) is 39.3 Å². The molecule has 1 atom stereocenters. The minimum atomic E-state index is -0.679. The van der Waals surface area contributed by atoms with E-state index in [0.29, 0.717) is 44.3 Å². The normalized spacial score (nSPS) is 12.1. The number of H-pyrrole nitrogens is 1. The van der Waals surface area contributed by atoms with Crippen molar-refractivity contribution >= 4 is 34.2 Å². The van der Waals surface area contributed by atoms with Gasteiger partial charge in [0.15, 0.2) is 34.2 Å². The lowest BCUT2D eigenvalue weighted by Gasteiger charge is -2.15. The number of ether oxygens (including phenoxy) is 1. The van der Waals surface area contributed by atoms with Gasteiger partial charge in [0.2, 0.25) is 0 Å². The third kappa shape index (κ3) is 6.05. The minimum Gasteiger partial charge on any atom is -0.453 e. The van der Waals surface area contributed by atoms with Crippen LogP contribution in [0.1, 0.15) is 42.7 Å². The molecule has 5 rings (SSSR count). The number of halogens is 2. The number of pyridine rings is 2. The first kappa shape index (κ1) is 29.0. The Balaban J connectivity index is 1.41. The van der Waals surface area contributed by atoms with E-state index in [1.165, 1.54) is 18.3 Å². The van der Waals surface area contributed by atoms with Crippen LogP contribution in [0.2, 0.25) is 5.02 Å². The van der Waals surface area contributed by atoms with Crippen molar-refractivity contribution in [2.75, 3.05) is 11.9 Å². The summed E-state index contributed by atoms with van der Waals surface area (Å²) in [6, 6.07) is 12.4. The Morgan fingerprint density at radius 1 is 1.12 bits per heavy atom. The van der Waals surface area contributed by atoms with Gasteiger partial charge in [-0.05, 0) is 56.2 Å². The smallest absolute Gasteiger partial charge is 0.200 e. The summed E-state index contributed by atoms with van der Waals surface area (Å²) in [5.74, 6) is -0.460. The van der Waals surface area contributed by atoms with Crippen LogP contribution in [-0.4, -0.2) is 43.3 Å². The second-order valence-electron chi connectivity index (χ2n) is 10.3. The van der Waals surface area contributed by atoms with Crippen LogP contribution in [0.5, 0.6) is 11.5 Å². The van der Waals surface area contributed by atoms with Gasteiger partial charge in [-0.25, -0.2) is 9.37 Å². The molecule has 3 heterocycles. The number of nitrogens with one attached hydrogen (secondary N) is 2. The Labute approximate surface area is 245 Å². The highest BCUT2D eigenvalue weighted by molar-refractivity contribution is 6.30. The summed E-state index contributed by atoms with van der Waals surface area (Å²) in [5, 5.41) is 20.5. The summed E-state index contributed by atoms with van der Waals surface area (Å²) in [5.41, 5.74) is 1.46. The highest BCUT2D eigenvalue weighted by atomic mass is 35.5. The molecular formula is C31H29ClFN5O4. The highest BCUT2D eigenvalue weighted by Gasteiger charge is 2.20. The molecule has 0 bridgehead atoms. The number of aliphatic hydroxyl groups excluding tert-OH is 1. The van der Waals surface area contributed by atoms with E-state index in [1.807, 2.05) is 18.4 Å². The van der Waals surface area contributed by atoms with Crippen LogP contribution < -0.4 is 15.5 Å². The number of fused-ring (bicyclic) bond motifs is 1. The van der Waals surface area contributed by atoms with Crippen LogP contribution in [0.3, 0.4) is 0 Å². The monoisotopic (exact) mass is 589 g/mol. The van der Waals surface area contributed by atoms with E-state index < -0.39 is 17.0 Å². The van der Waals surface area contributed by atoms with Crippen LogP contribution in [0.25, 0.3) is 22.2 Å². The van der Waals surface area contributed by atoms with Crippen LogP contribution in [0.4, 0.5) is 10.2 Å². The lowest BCUT2D eigenvalue weighted by Crippen LogP contribution is -2.22. The highest BCUT2D eigenvalue weighted by Crippen LogP contribution is 2.34. The van der Waals surface area contributed by atoms with E-state index in [9.17, 15) is 14.7 Å². The summed E-state index contributed by atoms with van der Waals surface area (Å²) in [7, 11) is 0. The molecule has 5 aromatic rings. The standard InChI is InChI=1S/C31H29ClFN5O4/c1-17(2)38-14-22(20-5-7-21(32)8-6-20)29(41)23(15-38)25(40)13-19-4-9-26(24(33)12-19)42-27-10-11-34-30-28(27)31(37-36-30)35-18(3)16-39/h4-12,14-15,17-18,39H,13,16H2,1-3H3,(H2,34,35,36,37)/t18-/m1/s1. The van der Waals surface area contributed by atoms with Crippen molar-refractivity contribution in [1.82, 2.24) is 19.7 Å². The topological polar surface area (TPSA) is 122 Å². The first-order valence-corrected chi connectivity index (χ1v) is 13.7. The van der Waals surface area contributed by atoms with E-state index in [0.717, 1.165) is 0 Å². The Morgan fingerprint density at radius 3 is 2.57 bits per heavy atom. The van der Waals surface area contributed by atoms with E-state index >= 15 is 4.39 Å². The number of rotatable bonds is 10. The molecule has 216 valence electrons. The van der Waals surface area contributed by atoms with Crippen molar-refractivity contribution in [2.24, 2.45) is 0 Å². The molecule has 3 N–H and O–H groups in total. The predicted octanol–water partition coefficient (Wildman–Crippen LogP) is 6.17. The zero-order valence-electron chi connectivity index (χ0n) is 23.2. The Morgan fingerprint density at radius 2 is 1.88 bits per heavy atom. The Bertz CT molecular complexity index is 1820. The van der Waals surface area contributed by atoms with Gasteiger partial charge in [-0.2, -0.15) is 5.10 Å². The number of carbonyl (C=O) groups is 1. The summed E-state index contributed by atoms with van der Waals surface area (Å²) in [6.07, 6.45) is 4.59. The second kappa shape index (κ2) is 12.1. The number of aromatic amines is 1. The molecule has 2 aromatic carbocycles. The number of aliphatic hydroxyl groups is 1. The third-order valence-electron chi connectivity index (χ3n) is 6.76. The molecule has 0 fully saturated rings. The molecule has 0 aliphatic rings. The predicted molar refractivity (Wildman–Crippen MR) is 160 cm³/mol. The number of Topliss-reactive ketones (excluding diaryl/α,β-unsaturated/α-hetero) is 1. The zero-order chi connectivity index (χ0) is 30.0. The van der Waals surface area contributed by atoms with Crippen molar-refractivity contribution in [3.63, 3.8) is 0 Å². The summed E-state index contributed by atoms with van der Waals surface area (Å²) in [4.78, 5) is 31.0. The maximum Gasteiger partial charge on any atom is 0.200 e. The summed E-state index contributed by atoms with van der Waals surface area (Å²) < 4.78 is 22.9. The van der Waals surface area contributed by atoms with Gasteiger partial charge in [0, 0.05) is 53.7 Å². The molecule has 9 nitrogen and oxygen atoms in total. The fraction of sp³-hybridized carbons (Fsp3) is 0.226. The van der Waals surface area contributed by atoms with Crippen LogP contribution >= 0.6 is 11.6 Å². The summed E-state index contributed by atoms with van der Waals surface area (Å²) in [6.45, 7) is 5.56. The second-order valence-corrected chi connectivity index (χ2v) is 10.7. The lowest BCUT2D eigenvalue weighted by molar-refractivity contribution is 0.0991. The van der Waals surface area contributed by atoms with Crippen LogP contribution in [0, 0.1) is 5.82 Å². The van der Waals surface area contributed by atoms with Gasteiger partial charge >= 0.3 is 0 Å². The third-order valence-corrected chi connectivity index (χ3v) is 7.01. The van der Waals surface area contributed by atoms with Gasteiger partial charge < -0.3 is 19.7 Å². The quantitative estimate of drug-likeness (QED) is 0.166. The average molecular weight is 590 g/mol. The summed E-state index contributed by atoms with van der Waals surface area (Å²) >= 11 is 6.02. The van der Waals surface area contributed by atoms with E-state index in [1.54, 1.807) is 55.7 Å². The van der Waals surface area contributed by atoms with E-state index in [4.69, 9.17) is 16.3 Å². The van der Waals surface area contributed by atoms with E-state index in [-0.39, 0.29) is 36.4 Å². The molecule has 0 amide bonds. The Kier molecular flexibility index (Phi) is 8.37. The largest absolute Gasteiger partial charge is 0.453 e. The fourth-order valence-corrected chi connectivity index (χ4v) is 4.58. The number of hydrogen-bond acceptors (Lipinski definition) is 7. The van der Waals surface area contributed by atoms with E-state index in [2.05, 4.69) is 20.5 Å². The van der Waals surface area contributed by atoms with Crippen LogP contribution in [-0.2, 0) is 6.42 Å². The molecule has 0 radical (unpaired) electrons. The number of hydrogen-bond donors (Lipinski definition) is 3. The first-order valence-electron chi connectivity index (χ1n) is 13.4. The lowest BCUT2D eigenvalue weighted by atomic mass is 9.99. The number of ketones is 1. The number of benzene rings is 2. The van der Waals surface area contributed by atoms with Crippen molar-refractivity contribution in [3.8, 4) is 22.6 Å². The maximum atomic E-state index is 15.2. The Hall–Kier alpha value is -4.54. The number of aromatic nitrogens is 4. The van der Waals surface area contributed by atoms with Gasteiger partial charge in [-0.1, -0.05) is 29.8 Å². The van der Waals surface area contributed by atoms with Gasteiger partial charge in [-0.3, -0.25) is 14.7 Å². The average Bonchev–Trinajstić information content (AvgIpc) is 3.38. The molecule has 0 spiro atoms. The molecule has 0 aliphatic heterocycles. The fourth-order valence-electron chi connectivity index (χ4n) is 4.46. The van der Waals surface area contributed by atoms with Crippen molar-refractivity contribution in [3.05, 3.63) is 99.3 Å². The van der Waals surface area contributed by atoms with Gasteiger partial charge in [0.25, 0.3) is 0 Å². The minimum absolute atomic E-state index is 0.00507. The molecular weight excluding hydrogens is 561 g/mol.